The Morgan fingerprint density at radius 3 is 2.71 bits per heavy atom. The predicted octanol–water partition coefficient (Wildman–Crippen LogP) is -1.63. The second-order valence-corrected chi connectivity index (χ2v) is 2.72. The number of nitrogen functional groups attached to an aromatic ring is 2. The first-order valence-corrected chi connectivity index (χ1v) is 3.74. The van der Waals surface area contributed by atoms with Gasteiger partial charge in [-0.05, 0) is 0 Å². The van der Waals surface area contributed by atoms with E-state index in [0.29, 0.717) is 5.65 Å². The molecule has 0 saturated heterocycles. The van der Waals surface area contributed by atoms with Gasteiger partial charge in [-0.25, -0.2) is 5.84 Å². The van der Waals surface area contributed by atoms with Crippen LogP contribution in [0.2, 0.25) is 0 Å². The molecule has 0 aromatic carbocycles. The molecule has 0 saturated carbocycles. The number of H-pyrrole nitrogens is 3. The van der Waals surface area contributed by atoms with Crippen LogP contribution in [0, 0.1) is 0 Å². The molecular weight excluding hydrogens is 188 g/mol. The summed E-state index contributed by atoms with van der Waals surface area (Å²) in [5, 5.41) is 5.02. The number of nitrogens with two attached hydrogens (primary N) is 2. The summed E-state index contributed by atoms with van der Waals surface area (Å²) in [7, 11) is 0. The van der Waals surface area contributed by atoms with Crippen LogP contribution >= 0.6 is 0 Å². The highest BCUT2D eigenvalue weighted by molar-refractivity contribution is 6.10. The van der Waals surface area contributed by atoms with Gasteiger partial charge in [-0.1, -0.05) is 0 Å². The second-order valence-electron chi connectivity index (χ2n) is 2.72. The number of hydrogen-bond acceptors (Lipinski definition) is 4. The maximum atomic E-state index is 11.3. The molecule has 8 heteroatoms. The highest BCUT2D eigenvalue weighted by atomic mass is 16.2. The summed E-state index contributed by atoms with van der Waals surface area (Å²) in [5.74, 6) is 4.44. The smallest absolute Gasteiger partial charge is 0.274 e. The number of amides is 1. The quantitative estimate of drug-likeness (QED) is 0.185. The fourth-order valence-electron chi connectivity index (χ4n) is 1.33. The molecule has 0 unspecified atom stereocenters. The Labute approximate surface area is 76.6 Å². The van der Waals surface area contributed by atoms with Gasteiger partial charge in [-0.3, -0.25) is 25.2 Å². The molecule has 0 spiro atoms. The third-order valence-corrected chi connectivity index (χ3v) is 1.92. The first-order valence-electron chi connectivity index (χ1n) is 3.74. The Kier molecular flexibility index (Phi) is 1.58. The van der Waals surface area contributed by atoms with Crippen LogP contribution in [0.1, 0.15) is 10.4 Å². The van der Waals surface area contributed by atoms with E-state index in [4.69, 9.17) is 11.6 Å². The van der Waals surface area contributed by atoms with Crippen LogP contribution < -0.4 is 22.6 Å². The summed E-state index contributed by atoms with van der Waals surface area (Å²) < 4.78 is 0. The average molecular weight is 196 g/mol. The summed E-state index contributed by atoms with van der Waals surface area (Å²) in [6.07, 6.45) is 0. The van der Waals surface area contributed by atoms with Gasteiger partial charge in [-0.2, -0.15) is 0 Å². The average Bonchev–Trinajstić information content (AvgIpc) is 2.65. The minimum atomic E-state index is -0.612. The summed E-state index contributed by atoms with van der Waals surface area (Å²) in [5.41, 5.74) is 7.40. The number of aromatic amines is 3. The molecule has 0 atom stereocenters. The predicted molar refractivity (Wildman–Crippen MR) is 49.3 cm³/mol. The lowest BCUT2D eigenvalue weighted by molar-refractivity contribution is 0.0956. The molecule has 14 heavy (non-hydrogen) atoms. The van der Waals surface area contributed by atoms with E-state index < -0.39 is 11.5 Å². The molecule has 8 N–H and O–H groups in total. The molecule has 2 aromatic rings. The van der Waals surface area contributed by atoms with Crippen LogP contribution in [0.4, 0.5) is 5.82 Å². The second kappa shape index (κ2) is 2.64. The Hall–Kier alpha value is -2.22. The summed E-state index contributed by atoms with van der Waals surface area (Å²) in [4.78, 5) is 25.1. The van der Waals surface area contributed by atoms with E-state index in [2.05, 4.69) is 15.2 Å². The number of rotatable bonds is 1. The van der Waals surface area contributed by atoms with Crippen LogP contribution in [0.25, 0.3) is 11.0 Å². The van der Waals surface area contributed by atoms with E-state index in [0.717, 1.165) is 0 Å². The van der Waals surface area contributed by atoms with Gasteiger partial charge >= 0.3 is 0 Å². The van der Waals surface area contributed by atoms with E-state index >= 15 is 0 Å². The van der Waals surface area contributed by atoms with Gasteiger partial charge in [0.15, 0.2) is 0 Å². The van der Waals surface area contributed by atoms with Crippen molar-refractivity contribution in [2.75, 3.05) is 5.73 Å². The van der Waals surface area contributed by atoms with E-state index in [-0.39, 0.29) is 16.8 Å². The first kappa shape index (κ1) is 8.38. The summed E-state index contributed by atoms with van der Waals surface area (Å²) in [6, 6.07) is 0. The standard InChI is InChI=1S/C6H8N6O2/c7-3-1(5(13)10-8)2-4(9-3)11-12-6(2)14/h7-8H2,(H,10,13)(H3,9,11,12,14). The molecule has 0 aliphatic rings. The van der Waals surface area contributed by atoms with Gasteiger partial charge in [0.2, 0.25) is 0 Å². The van der Waals surface area contributed by atoms with Crippen LogP contribution in [-0.2, 0) is 0 Å². The third-order valence-electron chi connectivity index (χ3n) is 1.92. The zero-order valence-electron chi connectivity index (χ0n) is 6.97. The molecule has 0 radical (unpaired) electrons. The van der Waals surface area contributed by atoms with E-state index in [9.17, 15) is 9.59 Å². The van der Waals surface area contributed by atoms with Crippen molar-refractivity contribution in [3.8, 4) is 0 Å². The highest BCUT2D eigenvalue weighted by Crippen LogP contribution is 2.18. The third kappa shape index (κ3) is 0.910. The number of hydrazine groups is 1. The molecule has 2 aromatic heterocycles. The fraction of sp³-hybridized carbons (Fsp3) is 0. The van der Waals surface area contributed by atoms with Crippen molar-refractivity contribution in [3.05, 3.63) is 15.9 Å². The molecule has 0 bridgehead atoms. The van der Waals surface area contributed by atoms with Crippen molar-refractivity contribution in [2.45, 2.75) is 0 Å². The largest absolute Gasteiger partial charge is 0.385 e. The van der Waals surface area contributed by atoms with E-state index in [1.807, 2.05) is 5.43 Å². The van der Waals surface area contributed by atoms with Crippen LogP contribution in [0.5, 0.6) is 0 Å². The Morgan fingerprint density at radius 1 is 1.36 bits per heavy atom. The number of carbonyl (C=O) groups excluding carboxylic acids is 1. The lowest BCUT2D eigenvalue weighted by Crippen LogP contribution is -2.31. The number of nitrogens with one attached hydrogen (secondary N) is 4. The molecule has 0 aliphatic heterocycles. The number of hydrogen-bond donors (Lipinski definition) is 6. The lowest BCUT2D eigenvalue weighted by atomic mass is 10.2. The Bertz CT molecular complexity index is 546. The van der Waals surface area contributed by atoms with Gasteiger partial charge in [0, 0.05) is 0 Å². The van der Waals surface area contributed by atoms with Crippen molar-refractivity contribution in [1.29, 1.82) is 0 Å². The van der Waals surface area contributed by atoms with Crippen molar-refractivity contribution in [2.24, 2.45) is 5.84 Å². The van der Waals surface area contributed by atoms with Crippen LogP contribution in [-0.4, -0.2) is 21.1 Å². The molecule has 0 fully saturated rings. The van der Waals surface area contributed by atoms with Gasteiger partial charge in [-0.15, -0.1) is 0 Å². The van der Waals surface area contributed by atoms with Crippen molar-refractivity contribution in [3.63, 3.8) is 0 Å². The zero-order chi connectivity index (χ0) is 10.3. The molecule has 1 amide bonds. The SMILES string of the molecule is NNC(=O)c1c(N)[nH]c2[nH][nH]c(=O)c12. The summed E-state index contributed by atoms with van der Waals surface area (Å²) in [6.45, 7) is 0. The highest BCUT2D eigenvalue weighted by Gasteiger charge is 2.19. The number of aromatic nitrogens is 3. The minimum absolute atomic E-state index is 0.0463. The maximum Gasteiger partial charge on any atom is 0.274 e. The fourth-order valence-corrected chi connectivity index (χ4v) is 1.33. The van der Waals surface area contributed by atoms with Gasteiger partial charge in [0.1, 0.15) is 11.5 Å². The van der Waals surface area contributed by atoms with Crippen LogP contribution in [0.3, 0.4) is 0 Å². The van der Waals surface area contributed by atoms with E-state index in [1.165, 1.54) is 0 Å². The number of anilines is 1. The van der Waals surface area contributed by atoms with Gasteiger partial charge < -0.3 is 10.7 Å². The zero-order valence-corrected chi connectivity index (χ0v) is 6.97. The molecule has 2 heterocycles. The van der Waals surface area contributed by atoms with Gasteiger partial charge in [0.05, 0.1) is 10.9 Å². The Morgan fingerprint density at radius 2 is 2.07 bits per heavy atom. The molecule has 8 nitrogen and oxygen atoms in total. The molecule has 0 aliphatic carbocycles. The van der Waals surface area contributed by atoms with Crippen LogP contribution in [0.15, 0.2) is 4.79 Å². The number of carbonyl (C=O) groups is 1. The lowest BCUT2D eigenvalue weighted by Gasteiger charge is -1.96. The molecular formula is C6H8N6O2. The normalized spacial score (nSPS) is 10.6. The minimum Gasteiger partial charge on any atom is -0.385 e. The van der Waals surface area contributed by atoms with Gasteiger partial charge in [0.25, 0.3) is 11.5 Å². The van der Waals surface area contributed by atoms with Crippen molar-refractivity contribution in [1.82, 2.24) is 20.6 Å². The van der Waals surface area contributed by atoms with Crippen molar-refractivity contribution >= 4 is 22.8 Å². The van der Waals surface area contributed by atoms with E-state index in [1.54, 1.807) is 0 Å². The molecule has 2 rings (SSSR count). The first-order chi connectivity index (χ1) is 6.65. The monoisotopic (exact) mass is 196 g/mol. The van der Waals surface area contributed by atoms with Crippen molar-refractivity contribution < 1.29 is 4.79 Å². The maximum absolute atomic E-state index is 11.3. The Balaban J connectivity index is 2.84. The number of fused-ring (bicyclic) bond motifs is 1. The topological polar surface area (TPSA) is 146 Å². The summed E-state index contributed by atoms with van der Waals surface area (Å²) >= 11 is 0. The molecule has 74 valence electrons.